The molecule has 1 saturated heterocycles. The first-order valence-corrected chi connectivity index (χ1v) is 9.50. The SMILES string of the molecule is Cc1c(O[C@H]2O[C@@H](CO)[C@H](O)[C@@H](O)[C@@H]2O)ccc2c(-c3ccccc3)cc(=O)oc12. The van der Waals surface area contributed by atoms with Crippen molar-refractivity contribution >= 4 is 11.0 Å². The molecule has 2 heterocycles. The van der Waals surface area contributed by atoms with Crippen LogP contribution in [0.5, 0.6) is 5.75 Å². The fourth-order valence-corrected chi connectivity index (χ4v) is 3.62. The van der Waals surface area contributed by atoms with Gasteiger partial charge in [-0.15, -0.1) is 0 Å². The molecule has 8 nitrogen and oxygen atoms in total. The van der Waals surface area contributed by atoms with Crippen molar-refractivity contribution in [1.82, 2.24) is 0 Å². The van der Waals surface area contributed by atoms with Crippen molar-refractivity contribution in [2.45, 2.75) is 37.6 Å². The summed E-state index contributed by atoms with van der Waals surface area (Å²) >= 11 is 0. The summed E-state index contributed by atoms with van der Waals surface area (Å²) < 4.78 is 16.5. The third-order valence-corrected chi connectivity index (χ3v) is 5.29. The minimum Gasteiger partial charge on any atom is -0.462 e. The lowest BCUT2D eigenvalue weighted by Gasteiger charge is -2.39. The van der Waals surface area contributed by atoms with Gasteiger partial charge in [0.1, 0.15) is 35.7 Å². The third kappa shape index (κ3) is 3.60. The lowest BCUT2D eigenvalue weighted by Crippen LogP contribution is -2.60. The van der Waals surface area contributed by atoms with Gasteiger partial charge in [-0.05, 0) is 30.2 Å². The molecule has 1 aromatic heterocycles. The Morgan fingerprint density at radius 2 is 1.73 bits per heavy atom. The maximum absolute atomic E-state index is 12.2. The summed E-state index contributed by atoms with van der Waals surface area (Å²) in [5.74, 6) is 0.264. The Labute approximate surface area is 171 Å². The molecule has 30 heavy (non-hydrogen) atoms. The number of benzene rings is 2. The molecule has 1 aliphatic heterocycles. The molecule has 0 unspecified atom stereocenters. The first-order valence-electron chi connectivity index (χ1n) is 9.50. The molecular formula is C22H22O8. The van der Waals surface area contributed by atoms with Crippen LogP contribution in [0.25, 0.3) is 22.1 Å². The van der Waals surface area contributed by atoms with Crippen LogP contribution < -0.4 is 10.4 Å². The number of aliphatic hydroxyl groups is 4. The smallest absolute Gasteiger partial charge is 0.336 e. The number of aryl methyl sites for hydroxylation is 1. The molecule has 0 amide bonds. The highest BCUT2D eigenvalue weighted by molar-refractivity contribution is 5.95. The Kier molecular flexibility index (Phi) is 5.59. The number of ether oxygens (including phenoxy) is 2. The first kappa shape index (κ1) is 20.5. The lowest BCUT2D eigenvalue weighted by molar-refractivity contribution is -0.277. The van der Waals surface area contributed by atoms with E-state index >= 15 is 0 Å². The van der Waals surface area contributed by atoms with Gasteiger partial charge in [-0.3, -0.25) is 0 Å². The Morgan fingerprint density at radius 1 is 1.00 bits per heavy atom. The minimum atomic E-state index is -1.55. The largest absolute Gasteiger partial charge is 0.462 e. The topological polar surface area (TPSA) is 130 Å². The van der Waals surface area contributed by atoms with Crippen molar-refractivity contribution in [3.8, 4) is 16.9 Å². The van der Waals surface area contributed by atoms with E-state index in [4.69, 9.17) is 13.9 Å². The van der Waals surface area contributed by atoms with Crippen LogP contribution in [0.4, 0.5) is 0 Å². The quantitative estimate of drug-likeness (QED) is 0.465. The number of rotatable bonds is 4. The van der Waals surface area contributed by atoms with E-state index in [1.54, 1.807) is 19.1 Å². The van der Waals surface area contributed by atoms with E-state index in [0.29, 0.717) is 22.1 Å². The van der Waals surface area contributed by atoms with Gasteiger partial charge in [-0.2, -0.15) is 0 Å². The fraction of sp³-hybridized carbons (Fsp3) is 0.318. The fourth-order valence-electron chi connectivity index (χ4n) is 3.62. The van der Waals surface area contributed by atoms with Crippen molar-refractivity contribution in [1.29, 1.82) is 0 Å². The standard InChI is InChI=1S/C22H22O8/c1-11-15(28-22-20(27)19(26)18(25)16(10-23)29-22)8-7-13-14(9-17(24)30-21(11)13)12-5-3-2-4-6-12/h2-9,16,18-20,22-23,25-27H,10H2,1H3/t16-,18-,19+,20-,22-/m0/s1. The Balaban J connectivity index is 1.73. The summed E-state index contributed by atoms with van der Waals surface area (Å²) in [6.07, 6.45) is -6.99. The number of hydrogen-bond donors (Lipinski definition) is 4. The van der Waals surface area contributed by atoms with Crippen molar-refractivity contribution in [3.63, 3.8) is 0 Å². The zero-order chi connectivity index (χ0) is 21.4. The summed E-state index contributed by atoms with van der Waals surface area (Å²) in [5.41, 5.74) is 1.87. The van der Waals surface area contributed by atoms with Gasteiger partial charge in [0.2, 0.25) is 6.29 Å². The summed E-state index contributed by atoms with van der Waals surface area (Å²) in [4.78, 5) is 12.2. The van der Waals surface area contributed by atoms with Crippen molar-refractivity contribution < 1.29 is 34.3 Å². The van der Waals surface area contributed by atoms with Crippen LogP contribution in [0.15, 0.2) is 57.7 Å². The Morgan fingerprint density at radius 3 is 2.43 bits per heavy atom. The van der Waals surface area contributed by atoms with Crippen molar-refractivity contribution in [2.75, 3.05) is 6.61 Å². The van der Waals surface area contributed by atoms with Crippen LogP contribution >= 0.6 is 0 Å². The highest BCUT2D eigenvalue weighted by Gasteiger charge is 2.44. The highest BCUT2D eigenvalue weighted by Crippen LogP contribution is 2.34. The third-order valence-electron chi connectivity index (χ3n) is 5.29. The van der Waals surface area contributed by atoms with Gasteiger partial charge < -0.3 is 34.3 Å². The zero-order valence-electron chi connectivity index (χ0n) is 16.1. The maximum atomic E-state index is 12.2. The molecule has 0 bridgehead atoms. The Bertz CT molecular complexity index is 1090. The molecule has 158 valence electrons. The van der Waals surface area contributed by atoms with Crippen LogP contribution in [0.1, 0.15) is 5.56 Å². The van der Waals surface area contributed by atoms with E-state index in [1.165, 1.54) is 6.07 Å². The van der Waals surface area contributed by atoms with E-state index in [2.05, 4.69) is 0 Å². The van der Waals surface area contributed by atoms with Crippen LogP contribution in [-0.4, -0.2) is 57.7 Å². The van der Waals surface area contributed by atoms with Crippen LogP contribution in [0, 0.1) is 6.92 Å². The predicted octanol–water partition coefficient (Wildman–Crippen LogP) is 0.947. The zero-order valence-corrected chi connectivity index (χ0v) is 16.1. The van der Waals surface area contributed by atoms with Gasteiger partial charge in [0.05, 0.1) is 6.61 Å². The lowest BCUT2D eigenvalue weighted by atomic mass is 9.99. The molecule has 4 N–H and O–H groups in total. The van der Waals surface area contributed by atoms with Crippen LogP contribution in [-0.2, 0) is 4.74 Å². The van der Waals surface area contributed by atoms with Gasteiger partial charge >= 0.3 is 5.63 Å². The molecule has 5 atom stereocenters. The second kappa shape index (κ2) is 8.17. The molecule has 3 aromatic rings. The molecule has 0 radical (unpaired) electrons. The maximum Gasteiger partial charge on any atom is 0.336 e. The first-order chi connectivity index (χ1) is 14.4. The van der Waals surface area contributed by atoms with Crippen molar-refractivity contribution in [3.05, 3.63) is 64.5 Å². The summed E-state index contributed by atoms with van der Waals surface area (Å²) in [6, 6.07) is 14.2. The average molecular weight is 414 g/mol. The van der Waals surface area contributed by atoms with Gasteiger partial charge in [0, 0.05) is 17.0 Å². The second-order valence-electron chi connectivity index (χ2n) is 7.23. The van der Waals surface area contributed by atoms with E-state index in [0.717, 1.165) is 5.56 Å². The van der Waals surface area contributed by atoms with Gasteiger partial charge in [0.15, 0.2) is 0 Å². The van der Waals surface area contributed by atoms with Gasteiger partial charge in [0.25, 0.3) is 0 Å². The molecular weight excluding hydrogens is 392 g/mol. The van der Waals surface area contributed by atoms with Crippen LogP contribution in [0.3, 0.4) is 0 Å². The number of fused-ring (bicyclic) bond motifs is 1. The summed E-state index contributed by atoms with van der Waals surface area (Å²) in [6.45, 7) is 1.14. The normalized spacial score (nSPS) is 26.6. The minimum absolute atomic E-state index is 0.264. The molecule has 4 rings (SSSR count). The molecule has 0 saturated carbocycles. The summed E-state index contributed by atoms with van der Waals surface area (Å²) in [7, 11) is 0. The molecule has 0 spiro atoms. The highest BCUT2D eigenvalue weighted by atomic mass is 16.7. The van der Waals surface area contributed by atoms with E-state index < -0.39 is 42.9 Å². The molecule has 0 aliphatic carbocycles. The van der Waals surface area contributed by atoms with E-state index in [9.17, 15) is 25.2 Å². The second-order valence-corrected chi connectivity index (χ2v) is 7.23. The van der Waals surface area contributed by atoms with E-state index in [1.807, 2.05) is 30.3 Å². The van der Waals surface area contributed by atoms with Crippen LogP contribution in [0.2, 0.25) is 0 Å². The summed E-state index contributed by atoms with van der Waals surface area (Å²) in [5, 5.41) is 40.1. The molecule has 2 aromatic carbocycles. The molecule has 1 aliphatic rings. The van der Waals surface area contributed by atoms with Gasteiger partial charge in [-0.1, -0.05) is 30.3 Å². The molecule has 1 fully saturated rings. The monoisotopic (exact) mass is 414 g/mol. The predicted molar refractivity (Wildman–Crippen MR) is 107 cm³/mol. The van der Waals surface area contributed by atoms with Crippen molar-refractivity contribution in [2.24, 2.45) is 0 Å². The number of hydrogen-bond acceptors (Lipinski definition) is 8. The number of aliphatic hydroxyl groups excluding tert-OH is 4. The average Bonchev–Trinajstić information content (AvgIpc) is 2.76. The van der Waals surface area contributed by atoms with E-state index in [-0.39, 0.29) is 5.75 Å². The van der Waals surface area contributed by atoms with Gasteiger partial charge in [-0.25, -0.2) is 4.79 Å². The molecule has 8 heteroatoms. The Hall–Kier alpha value is -2.75.